The lowest BCUT2D eigenvalue weighted by Crippen LogP contribution is -2.24. The molecule has 3 aromatic rings. The highest BCUT2D eigenvalue weighted by Gasteiger charge is 2.18. The predicted molar refractivity (Wildman–Crippen MR) is 132 cm³/mol. The fourth-order valence-electron chi connectivity index (χ4n) is 2.95. The molecule has 3 aromatic carbocycles. The van der Waals surface area contributed by atoms with Gasteiger partial charge in [-0.2, -0.15) is 0 Å². The van der Waals surface area contributed by atoms with Gasteiger partial charge in [0.1, 0.15) is 5.75 Å². The Hall–Kier alpha value is -3.51. The fourth-order valence-corrected chi connectivity index (χ4v) is 3.96. The second kappa shape index (κ2) is 11.8. The first-order valence-electron chi connectivity index (χ1n) is 10.3. The van der Waals surface area contributed by atoms with Gasteiger partial charge in [0, 0.05) is 22.3 Å². The molecule has 0 fully saturated rings. The molecule has 0 aliphatic carbocycles. The predicted octanol–water partition coefficient (Wildman–Crippen LogP) is 5.86. The third-order valence-corrected chi connectivity index (χ3v) is 5.99. The van der Waals surface area contributed by atoms with Gasteiger partial charge in [-0.1, -0.05) is 43.3 Å². The van der Waals surface area contributed by atoms with Gasteiger partial charge in [-0.05, 0) is 60.5 Å². The molecule has 1 unspecified atom stereocenters. The van der Waals surface area contributed by atoms with Crippen molar-refractivity contribution in [2.24, 2.45) is 0 Å². The van der Waals surface area contributed by atoms with Crippen molar-refractivity contribution in [2.45, 2.75) is 23.5 Å². The van der Waals surface area contributed by atoms with Crippen LogP contribution >= 0.6 is 11.8 Å². The third kappa shape index (κ3) is 7.03. The number of anilines is 2. The quantitative estimate of drug-likeness (QED) is 0.319. The Morgan fingerprint density at radius 2 is 1.69 bits per heavy atom. The Balaban J connectivity index is 1.59. The molecular formula is C26H26N2O3S. The summed E-state index contributed by atoms with van der Waals surface area (Å²) in [7, 11) is 1.60. The second-order valence-corrected chi connectivity index (χ2v) is 8.27. The number of rotatable bonds is 9. The van der Waals surface area contributed by atoms with Gasteiger partial charge in [0.15, 0.2) is 0 Å². The first-order valence-corrected chi connectivity index (χ1v) is 11.2. The molecule has 1 atom stereocenters. The maximum atomic E-state index is 12.7. The van der Waals surface area contributed by atoms with Crippen molar-refractivity contribution in [2.75, 3.05) is 17.7 Å². The van der Waals surface area contributed by atoms with E-state index in [-0.39, 0.29) is 17.1 Å². The molecule has 0 aliphatic heterocycles. The Bertz CT molecular complexity index is 1070. The number of carbonyl (C=O) groups excluding carboxylic acids is 2. The molecule has 0 bridgehead atoms. The molecule has 6 heteroatoms. The first-order chi connectivity index (χ1) is 15.6. The summed E-state index contributed by atoms with van der Waals surface area (Å²) in [6.45, 7) is 1.98. The molecule has 0 aromatic heterocycles. The standard InChI is InChI=1S/C26H26N2O3S/c1-3-24(26(30)28-20-13-15-22(31-2)16-14-20)32-23-11-7-10-21(18-23)27-25(29)17-12-19-8-5-4-6-9-19/h4-18,24H,3H2,1-2H3,(H,27,29)(H,28,30)/b17-12+. The zero-order chi connectivity index (χ0) is 22.8. The van der Waals surface area contributed by atoms with Crippen molar-refractivity contribution < 1.29 is 14.3 Å². The van der Waals surface area contributed by atoms with Crippen LogP contribution < -0.4 is 15.4 Å². The lowest BCUT2D eigenvalue weighted by molar-refractivity contribution is -0.115. The molecule has 0 heterocycles. The Labute approximate surface area is 192 Å². The molecule has 3 rings (SSSR count). The Kier molecular flexibility index (Phi) is 8.52. The largest absolute Gasteiger partial charge is 0.497 e. The molecule has 0 saturated heterocycles. The van der Waals surface area contributed by atoms with Crippen molar-refractivity contribution in [3.63, 3.8) is 0 Å². The van der Waals surface area contributed by atoms with Gasteiger partial charge in [0.2, 0.25) is 11.8 Å². The summed E-state index contributed by atoms with van der Waals surface area (Å²) in [4.78, 5) is 25.9. The highest BCUT2D eigenvalue weighted by molar-refractivity contribution is 8.00. The fraction of sp³-hybridized carbons (Fsp3) is 0.154. The SMILES string of the molecule is CCC(Sc1cccc(NC(=O)/C=C/c2ccccc2)c1)C(=O)Nc1ccc(OC)cc1. The van der Waals surface area contributed by atoms with Crippen molar-refractivity contribution in [1.29, 1.82) is 0 Å². The molecule has 2 amide bonds. The van der Waals surface area contributed by atoms with Crippen LogP contribution in [0.3, 0.4) is 0 Å². The van der Waals surface area contributed by atoms with Crippen LogP contribution in [-0.2, 0) is 9.59 Å². The normalized spacial score (nSPS) is 11.7. The maximum Gasteiger partial charge on any atom is 0.248 e. The Morgan fingerprint density at radius 1 is 0.938 bits per heavy atom. The van der Waals surface area contributed by atoms with Crippen molar-refractivity contribution in [3.8, 4) is 5.75 Å². The van der Waals surface area contributed by atoms with Crippen LogP contribution in [0.1, 0.15) is 18.9 Å². The number of ether oxygens (including phenoxy) is 1. The van der Waals surface area contributed by atoms with E-state index in [1.807, 2.05) is 85.8 Å². The number of methoxy groups -OCH3 is 1. The molecule has 0 spiro atoms. The lowest BCUT2D eigenvalue weighted by Gasteiger charge is -2.15. The van der Waals surface area contributed by atoms with Gasteiger partial charge in [-0.3, -0.25) is 9.59 Å². The van der Waals surface area contributed by atoms with Crippen LogP contribution in [0, 0.1) is 0 Å². The molecule has 0 saturated carbocycles. The van der Waals surface area contributed by atoms with Crippen LogP contribution in [0.4, 0.5) is 11.4 Å². The zero-order valence-corrected chi connectivity index (χ0v) is 18.9. The summed E-state index contributed by atoms with van der Waals surface area (Å²) >= 11 is 1.47. The highest BCUT2D eigenvalue weighted by atomic mass is 32.2. The number of benzene rings is 3. The van der Waals surface area contributed by atoms with Gasteiger partial charge in [0.05, 0.1) is 12.4 Å². The van der Waals surface area contributed by atoms with E-state index in [1.165, 1.54) is 17.8 Å². The minimum Gasteiger partial charge on any atom is -0.497 e. The van der Waals surface area contributed by atoms with Gasteiger partial charge in [0.25, 0.3) is 0 Å². The van der Waals surface area contributed by atoms with E-state index in [0.717, 1.165) is 21.9 Å². The summed E-state index contributed by atoms with van der Waals surface area (Å²) < 4.78 is 5.15. The highest BCUT2D eigenvalue weighted by Crippen LogP contribution is 2.29. The van der Waals surface area contributed by atoms with Crippen LogP contribution in [0.25, 0.3) is 6.08 Å². The average molecular weight is 447 g/mol. The molecule has 0 aliphatic rings. The maximum absolute atomic E-state index is 12.7. The van der Waals surface area contributed by atoms with Gasteiger partial charge >= 0.3 is 0 Å². The van der Waals surface area contributed by atoms with Crippen LogP contribution in [-0.4, -0.2) is 24.2 Å². The number of thioether (sulfide) groups is 1. The van der Waals surface area contributed by atoms with Gasteiger partial charge in [-0.15, -0.1) is 11.8 Å². The molecule has 5 nitrogen and oxygen atoms in total. The summed E-state index contributed by atoms with van der Waals surface area (Å²) in [5.74, 6) is 0.463. The van der Waals surface area contributed by atoms with E-state index >= 15 is 0 Å². The minimum absolute atomic E-state index is 0.0668. The second-order valence-electron chi connectivity index (χ2n) is 6.99. The van der Waals surface area contributed by atoms with E-state index in [9.17, 15) is 9.59 Å². The number of carbonyl (C=O) groups is 2. The summed E-state index contributed by atoms with van der Waals surface area (Å²) in [6, 6.07) is 24.4. The van der Waals surface area contributed by atoms with E-state index in [2.05, 4.69) is 10.6 Å². The molecule has 32 heavy (non-hydrogen) atoms. The van der Waals surface area contributed by atoms with Crippen LogP contribution in [0.5, 0.6) is 5.75 Å². The smallest absolute Gasteiger partial charge is 0.248 e. The monoisotopic (exact) mass is 446 g/mol. The molecular weight excluding hydrogens is 420 g/mol. The van der Waals surface area contributed by atoms with E-state index in [4.69, 9.17) is 4.74 Å². The number of hydrogen-bond acceptors (Lipinski definition) is 4. The zero-order valence-electron chi connectivity index (χ0n) is 18.1. The third-order valence-electron chi connectivity index (χ3n) is 4.63. The van der Waals surface area contributed by atoms with Gasteiger partial charge in [-0.25, -0.2) is 0 Å². The molecule has 164 valence electrons. The lowest BCUT2D eigenvalue weighted by atomic mass is 10.2. The topological polar surface area (TPSA) is 67.4 Å². The van der Waals surface area contributed by atoms with E-state index in [0.29, 0.717) is 12.1 Å². The van der Waals surface area contributed by atoms with Crippen molar-refractivity contribution in [3.05, 3.63) is 90.5 Å². The average Bonchev–Trinajstić information content (AvgIpc) is 2.82. The summed E-state index contributed by atoms with van der Waals surface area (Å²) in [6.07, 6.45) is 3.94. The minimum atomic E-state index is -0.263. The van der Waals surface area contributed by atoms with Crippen LogP contribution in [0.2, 0.25) is 0 Å². The van der Waals surface area contributed by atoms with E-state index < -0.39 is 0 Å². The Morgan fingerprint density at radius 3 is 2.38 bits per heavy atom. The number of nitrogens with one attached hydrogen (secondary N) is 2. The van der Waals surface area contributed by atoms with Crippen molar-refractivity contribution in [1.82, 2.24) is 0 Å². The summed E-state index contributed by atoms with van der Waals surface area (Å²) in [5, 5.41) is 5.56. The molecule has 2 N–H and O–H groups in total. The molecule has 0 radical (unpaired) electrons. The van der Waals surface area contributed by atoms with Crippen LogP contribution in [0.15, 0.2) is 89.8 Å². The van der Waals surface area contributed by atoms with Gasteiger partial charge < -0.3 is 15.4 Å². The first kappa shape index (κ1) is 23.2. The van der Waals surface area contributed by atoms with E-state index in [1.54, 1.807) is 13.2 Å². The van der Waals surface area contributed by atoms with Crippen molar-refractivity contribution >= 4 is 41.0 Å². The number of hydrogen-bond donors (Lipinski definition) is 2. The summed E-state index contributed by atoms with van der Waals surface area (Å²) in [5.41, 5.74) is 2.37. The number of amides is 2.